The maximum Gasteiger partial charge on any atom is 0.161 e. The minimum Gasteiger partial charge on any atom is -0.497 e. The first kappa shape index (κ1) is 19.3. The monoisotopic (exact) mass is 377 g/mol. The van der Waals surface area contributed by atoms with Crippen molar-refractivity contribution < 1.29 is 18.9 Å². The molecule has 3 aromatic carbocycles. The van der Waals surface area contributed by atoms with Crippen LogP contribution in [0.5, 0.6) is 28.7 Å². The van der Waals surface area contributed by atoms with Gasteiger partial charge in [-0.3, -0.25) is 4.99 Å². The highest BCUT2D eigenvalue weighted by Gasteiger charge is 2.07. The summed E-state index contributed by atoms with van der Waals surface area (Å²) in [6.07, 6.45) is 1.81. The molecule has 0 fully saturated rings. The number of benzene rings is 3. The third-order valence-corrected chi connectivity index (χ3v) is 4.24. The maximum absolute atomic E-state index is 5.85. The van der Waals surface area contributed by atoms with E-state index < -0.39 is 0 Å². The van der Waals surface area contributed by atoms with Gasteiger partial charge < -0.3 is 18.9 Å². The summed E-state index contributed by atoms with van der Waals surface area (Å²) in [5, 5.41) is 0. The second-order valence-corrected chi connectivity index (χ2v) is 6.10. The topological polar surface area (TPSA) is 49.3 Å². The number of aliphatic imine (C=N–C) groups is 1. The average molecular weight is 377 g/mol. The van der Waals surface area contributed by atoms with E-state index >= 15 is 0 Å². The fourth-order valence-electron chi connectivity index (χ4n) is 2.68. The molecule has 0 aromatic heterocycles. The van der Waals surface area contributed by atoms with Crippen molar-refractivity contribution in [3.63, 3.8) is 0 Å². The van der Waals surface area contributed by atoms with Crippen LogP contribution in [-0.4, -0.2) is 27.5 Å². The van der Waals surface area contributed by atoms with Crippen molar-refractivity contribution in [1.82, 2.24) is 0 Å². The number of rotatable bonds is 7. The minimum atomic E-state index is 0.677. The third-order valence-electron chi connectivity index (χ3n) is 4.24. The number of nitrogens with zero attached hydrogens (tertiary/aromatic N) is 1. The van der Waals surface area contributed by atoms with Crippen LogP contribution >= 0.6 is 0 Å². The normalized spacial score (nSPS) is 10.7. The van der Waals surface area contributed by atoms with Crippen molar-refractivity contribution in [1.29, 1.82) is 0 Å². The van der Waals surface area contributed by atoms with Crippen LogP contribution in [0.4, 0.5) is 5.69 Å². The lowest BCUT2D eigenvalue weighted by molar-refractivity contribution is 0.354. The Morgan fingerprint density at radius 1 is 0.714 bits per heavy atom. The van der Waals surface area contributed by atoms with Gasteiger partial charge in [-0.25, -0.2) is 0 Å². The second-order valence-electron chi connectivity index (χ2n) is 6.10. The highest BCUT2D eigenvalue weighted by atomic mass is 16.5. The molecule has 5 nitrogen and oxygen atoms in total. The van der Waals surface area contributed by atoms with E-state index in [9.17, 15) is 0 Å². The van der Waals surface area contributed by atoms with Crippen molar-refractivity contribution >= 4 is 11.9 Å². The zero-order valence-electron chi connectivity index (χ0n) is 16.4. The molecule has 0 bridgehead atoms. The molecule has 0 unspecified atom stereocenters. The predicted molar refractivity (Wildman–Crippen MR) is 111 cm³/mol. The van der Waals surface area contributed by atoms with Gasteiger partial charge in [0.05, 0.1) is 27.0 Å². The second kappa shape index (κ2) is 8.95. The van der Waals surface area contributed by atoms with E-state index in [1.165, 1.54) is 0 Å². The maximum atomic E-state index is 5.85. The van der Waals surface area contributed by atoms with Crippen molar-refractivity contribution in [2.75, 3.05) is 21.3 Å². The molecule has 3 aromatic rings. The van der Waals surface area contributed by atoms with Gasteiger partial charge in [-0.15, -0.1) is 0 Å². The Morgan fingerprint density at radius 2 is 1.39 bits per heavy atom. The molecule has 0 atom stereocenters. The van der Waals surface area contributed by atoms with E-state index in [2.05, 4.69) is 4.99 Å². The van der Waals surface area contributed by atoms with E-state index in [4.69, 9.17) is 18.9 Å². The predicted octanol–water partition coefficient (Wildman–Crippen LogP) is 5.56. The Balaban J connectivity index is 1.73. The highest BCUT2D eigenvalue weighted by molar-refractivity contribution is 5.85. The summed E-state index contributed by atoms with van der Waals surface area (Å²) in [5.41, 5.74) is 2.85. The van der Waals surface area contributed by atoms with Gasteiger partial charge in [-0.05, 0) is 66.6 Å². The zero-order valence-corrected chi connectivity index (χ0v) is 16.4. The molecule has 0 spiro atoms. The van der Waals surface area contributed by atoms with Gasteiger partial charge in [0, 0.05) is 12.3 Å². The molecule has 144 valence electrons. The van der Waals surface area contributed by atoms with Gasteiger partial charge in [0.1, 0.15) is 17.2 Å². The SMILES string of the molecule is COc1cccc(Oc2ccc(N=Cc3cc(OC)c(OC)cc3C)cc2)c1. The van der Waals surface area contributed by atoms with E-state index in [-0.39, 0.29) is 0 Å². The molecule has 0 heterocycles. The molecule has 0 aliphatic rings. The molecular formula is C23H23NO4. The van der Waals surface area contributed by atoms with Crippen LogP contribution in [0.15, 0.2) is 65.7 Å². The molecule has 0 amide bonds. The van der Waals surface area contributed by atoms with Gasteiger partial charge in [0.2, 0.25) is 0 Å². The van der Waals surface area contributed by atoms with Crippen LogP contribution < -0.4 is 18.9 Å². The van der Waals surface area contributed by atoms with Crippen LogP contribution in [0, 0.1) is 6.92 Å². The molecule has 0 aliphatic carbocycles. The summed E-state index contributed by atoms with van der Waals surface area (Å²) in [7, 11) is 4.88. The molecule has 0 saturated heterocycles. The van der Waals surface area contributed by atoms with Crippen LogP contribution in [0.1, 0.15) is 11.1 Å². The molecule has 0 aliphatic heterocycles. The Bertz CT molecular complexity index is 965. The van der Waals surface area contributed by atoms with Crippen LogP contribution in [0.2, 0.25) is 0 Å². The van der Waals surface area contributed by atoms with Crippen LogP contribution in [0.25, 0.3) is 0 Å². The van der Waals surface area contributed by atoms with E-state index in [0.29, 0.717) is 11.5 Å². The first-order valence-electron chi connectivity index (χ1n) is 8.81. The van der Waals surface area contributed by atoms with E-state index in [1.807, 2.05) is 73.8 Å². The van der Waals surface area contributed by atoms with Gasteiger partial charge in [0.15, 0.2) is 11.5 Å². The molecule has 0 radical (unpaired) electrons. The quantitative estimate of drug-likeness (QED) is 0.506. The Hall–Kier alpha value is -3.47. The third kappa shape index (κ3) is 4.62. The van der Waals surface area contributed by atoms with Crippen molar-refractivity contribution in [3.8, 4) is 28.7 Å². The van der Waals surface area contributed by atoms with Crippen LogP contribution in [-0.2, 0) is 0 Å². The lowest BCUT2D eigenvalue weighted by atomic mass is 10.1. The highest BCUT2D eigenvalue weighted by Crippen LogP contribution is 2.30. The Kier molecular flexibility index (Phi) is 6.17. The summed E-state index contributed by atoms with van der Waals surface area (Å²) in [5.74, 6) is 3.59. The van der Waals surface area contributed by atoms with E-state index in [1.54, 1.807) is 21.3 Å². The summed E-state index contributed by atoms with van der Waals surface area (Å²) < 4.78 is 21.7. The van der Waals surface area contributed by atoms with Crippen molar-refractivity contribution in [2.24, 2.45) is 4.99 Å². The largest absolute Gasteiger partial charge is 0.497 e. The number of hydrogen-bond donors (Lipinski definition) is 0. The van der Waals surface area contributed by atoms with Gasteiger partial charge in [-0.2, -0.15) is 0 Å². The fourth-order valence-corrected chi connectivity index (χ4v) is 2.68. The first-order valence-corrected chi connectivity index (χ1v) is 8.81. The van der Waals surface area contributed by atoms with E-state index in [0.717, 1.165) is 34.1 Å². The number of aryl methyl sites for hydroxylation is 1. The standard InChI is InChI=1S/C23H23NO4/c1-16-12-22(26-3)23(27-4)13-17(16)15-24-18-8-10-19(11-9-18)28-21-7-5-6-20(14-21)25-2/h5-15H,1-4H3. The Labute approximate surface area is 165 Å². The lowest BCUT2D eigenvalue weighted by Crippen LogP contribution is -1.95. The zero-order chi connectivity index (χ0) is 19.9. The van der Waals surface area contributed by atoms with Crippen molar-refractivity contribution in [2.45, 2.75) is 6.92 Å². The summed E-state index contributed by atoms with van der Waals surface area (Å²) in [6, 6.07) is 18.9. The molecule has 28 heavy (non-hydrogen) atoms. The Morgan fingerprint density at radius 3 is 2.07 bits per heavy atom. The molecular weight excluding hydrogens is 354 g/mol. The molecule has 3 rings (SSSR count). The van der Waals surface area contributed by atoms with Gasteiger partial charge in [0.25, 0.3) is 0 Å². The number of ether oxygens (including phenoxy) is 4. The summed E-state index contributed by atoms with van der Waals surface area (Å²) in [6.45, 7) is 2.01. The smallest absolute Gasteiger partial charge is 0.161 e. The summed E-state index contributed by atoms with van der Waals surface area (Å²) in [4.78, 5) is 4.55. The fraction of sp³-hybridized carbons (Fsp3) is 0.174. The molecule has 5 heteroatoms. The summed E-state index contributed by atoms with van der Waals surface area (Å²) >= 11 is 0. The van der Waals surface area contributed by atoms with Gasteiger partial charge >= 0.3 is 0 Å². The minimum absolute atomic E-state index is 0.677. The number of methoxy groups -OCH3 is 3. The van der Waals surface area contributed by atoms with Crippen molar-refractivity contribution in [3.05, 3.63) is 71.8 Å². The average Bonchev–Trinajstić information content (AvgIpc) is 2.73. The molecule has 0 saturated carbocycles. The molecule has 0 N–H and O–H groups in total. The number of hydrogen-bond acceptors (Lipinski definition) is 5. The lowest BCUT2D eigenvalue weighted by Gasteiger charge is -2.10. The van der Waals surface area contributed by atoms with Crippen LogP contribution in [0.3, 0.4) is 0 Å². The van der Waals surface area contributed by atoms with Gasteiger partial charge in [-0.1, -0.05) is 6.07 Å². The first-order chi connectivity index (χ1) is 13.6.